The molecule has 2 aliphatic carbocycles. The van der Waals surface area contributed by atoms with Crippen molar-refractivity contribution in [3.8, 4) is 89.4 Å². The summed E-state index contributed by atoms with van der Waals surface area (Å²) in [4.78, 5) is 20.8. The first-order valence-corrected chi connectivity index (χ1v) is 24.9. The molecule has 14 rings (SSSR count). The summed E-state index contributed by atoms with van der Waals surface area (Å²) in [6.45, 7) is 9.42. The highest BCUT2D eigenvalue weighted by Gasteiger charge is 2.37. The van der Waals surface area contributed by atoms with Crippen molar-refractivity contribution < 1.29 is 0 Å². The normalized spacial score (nSPS) is 13.8. The smallest absolute Gasteiger partial charge is 0.160 e. The van der Waals surface area contributed by atoms with E-state index in [1.165, 1.54) is 50.1 Å². The van der Waals surface area contributed by atoms with E-state index in [4.69, 9.17) is 19.9 Å². The number of hydrogen-bond acceptors (Lipinski definition) is 4. The van der Waals surface area contributed by atoms with Gasteiger partial charge in [-0.2, -0.15) is 0 Å². The minimum absolute atomic E-state index is 0.146. The number of aromatic nitrogens is 4. The number of hydrogen-bond donors (Lipinski definition) is 0. The topological polar surface area (TPSA) is 51.6 Å². The van der Waals surface area contributed by atoms with E-state index in [0.717, 1.165) is 88.5 Å². The number of rotatable bonds is 6. The van der Waals surface area contributed by atoms with Crippen LogP contribution >= 0.6 is 0 Å². The van der Waals surface area contributed by atoms with E-state index in [1.54, 1.807) is 0 Å². The molecule has 9 aromatic carbocycles. The summed E-state index contributed by atoms with van der Waals surface area (Å²) >= 11 is 0. The van der Waals surface area contributed by atoms with Crippen molar-refractivity contribution in [2.24, 2.45) is 0 Å². The Kier molecular flexibility index (Phi) is 9.25. The van der Waals surface area contributed by atoms with Gasteiger partial charge in [-0.05, 0) is 109 Å². The van der Waals surface area contributed by atoms with Gasteiger partial charge in [0.15, 0.2) is 5.82 Å². The second kappa shape index (κ2) is 15.8. The second-order valence-electron chi connectivity index (χ2n) is 20.6. The third-order valence-corrected chi connectivity index (χ3v) is 15.8. The van der Waals surface area contributed by atoms with Crippen molar-refractivity contribution in [2.75, 3.05) is 0 Å². The maximum absolute atomic E-state index is 5.64. The molecule has 3 aromatic heterocycles. The molecule has 0 radical (unpaired) electrons. The molecule has 12 aromatic rings. The fourth-order valence-electron chi connectivity index (χ4n) is 12.0. The van der Waals surface area contributed by atoms with Crippen molar-refractivity contribution in [2.45, 2.75) is 38.5 Å². The van der Waals surface area contributed by atoms with Gasteiger partial charge >= 0.3 is 0 Å². The molecule has 0 saturated carbocycles. The molecule has 3 heterocycles. The van der Waals surface area contributed by atoms with Crippen molar-refractivity contribution >= 4 is 32.7 Å². The quantitative estimate of drug-likeness (QED) is 0.167. The van der Waals surface area contributed by atoms with Gasteiger partial charge in [0.2, 0.25) is 0 Å². The van der Waals surface area contributed by atoms with Gasteiger partial charge in [0.05, 0.1) is 22.2 Å². The van der Waals surface area contributed by atoms with E-state index in [1.807, 2.05) is 24.5 Å². The number of nitrogens with zero attached hydrogens (tertiary/aromatic N) is 4. The maximum atomic E-state index is 5.64. The molecular weight excluding hydrogens is 873 g/mol. The summed E-state index contributed by atoms with van der Waals surface area (Å²) in [6.07, 6.45) is 3.74. The first-order chi connectivity index (χ1) is 35.2. The average molecular weight is 921 g/mol. The molecule has 2 aliphatic rings. The molecule has 0 bridgehead atoms. The van der Waals surface area contributed by atoms with Crippen LogP contribution in [-0.4, -0.2) is 19.9 Å². The summed E-state index contributed by atoms with van der Waals surface area (Å²) in [7, 11) is 0. The lowest BCUT2D eigenvalue weighted by atomic mass is 9.81. The summed E-state index contributed by atoms with van der Waals surface area (Å²) in [5.74, 6) is 0.669. The van der Waals surface area contributed by atoms with Crippen LogP contribution < -0.4 is 0 Å². The van der Waals surface area contributed by atoms with E-state index in [9.17, 15) is 0 Å². The summed E-state index contributed by atoms with van der Waals surface area (Å²) in [6, 6.07) is 75.1. The lowest BCUT2D eigenvalue weighted by molar-refractivity contribution is 0.660. The van der Waals surface area contributed by atoms with Crippen LogP contribution in [0.15, 0.2) is 219 Å². The van der Waals surface area contributed by atoms with Crippen molar-refractivity contribution in [1.29, 1.82) is 0 Å². The molecular formula is C68H48N4. The summed E-state index contributed by atoms with van der Waals surface area (Å²) < 4.78 is 0. The lowest BCUT2D eigenvalue weighted by Gasteiger charge is -2.23. The Hall–Kier alpha value is -8.86. The average Bonchev–Trinajstić information content (AvgIpc) is 3.80. The number of fused-ring (bicyclic) bond motifs is 9. The molecule has 0 spiro atoms. The Labute approximate surface area is 419 Å². The number of pyridine rings is 2. The molecule has 4 heteroatoms. The molecule has 0 fully saturated rings. The van der Waals surface area contributed by atoms with E-state index in [2.05, 4.69) is 222 Å². The van der Waals surface area contributed by atoms with Gasteiger partial charge in [-0.1, -0.05) is 198 Å². The fourth-order valence-corrected chi connectivity index (χ4v) is 12.0. The predicted molar refractivity (Wildman–Crippen MR) is 298 cm³/mol. The van der Waals surface area contributed by atoms with Crippen LogP contribution in [0.4, 0.5) is 0 Å². The van der Waals surface area contributed by atoms with Crippen molar-refractivity contribution in [3.63, 3.8) is 0 Å². The van der Waals surface area contributed by atoms with Crippen LogP contribution in [-0.2, 0) is 10.8 Å². The predicted octanol–water partition coefficient (Wildman–Crippen LogP) is 17.3. The summed E-state index contributed by atoms with van der Waals surface area (Å²) in [5.41, 5.74) is 24.9. The summed E-state index contributed by atoms with van der Waals surface area (Å²) in [5, 5.41) is 3.23. The molecule has 0 amide bonds. The van der Waals surface area contributed by atoms with Gasteiger partial charge in [0.25, 0.3) is 0 Å². The number of para-hydroxylation sites is 2. The van der Waals surface area contributed by atoms with E-state index < -0.39 is 0 Å². The third-order valence-electron chi connectivity index (χ3n) is 15.8. The Morgan fingerprint density at radius 1 is 0.292 bits per heavy atom. The molecule has 0 atom stereocenters. The van der Waals surface area contributed by atoms with Gasteiger partial charge in [-0.3, -0.25) is 9.97 Å². The second-order valence-corrected chi connectivity index (χ2v) is 20.6. The van der Waals surface area contributed by atoms with E-state index in [0.29, 0.717) is 5.82 Å². The van der Waals surface area contributed by atoms with Crippen LogP contribution in [0.3, 0.4) is 0 Å². The number of benzene rings is 9. The largest absolute Gasteiger partial charge is 0.256 e. The van der Waals surface area contributed by atoms with Crippen LogP contribution in [0.5, 0.6) is 0 Å². The zero-order valence-corrected chi connectivity index (χ0v) is 40.6. The lowest BCUT2D eigenvalue weighted by Crippen LogP contribution is -2.15. The SMILES string of the molecule is CC1(C)c2ccccc2-c2ccc(-c3cc(-c4ccc5c(c4)C(C)(C)c4ccccc4-5)c4nc(-c5ccc(-c6cccc7cccnc67)cc5)nc(-c5ccc(-c6cccc7cccnc67)cc5)c4c3)cc21. The third kappa shape index (κ3) is 6.45. The Bertz CT molecular complexity index is 4190. The maximum Gasteiger partial charge on any atom is 0.160 e. The molecule has 0 unspecified atom stereocenters. The van der Waals surface area contributed by atoms with E-state index in [-0.39, 0.29) is 10.8 Å². The fraction of sp³-hybridized carbons (Fsp3) is 0.0882. The Morgan fingerprint density at radius 3 is 1.33 bits per heavy atom. The van der Waals surface area contributed by atoms with Crippen LogP contribution in [0, 0.1) is 0 Å². The first-order valence-electron chi connectivity index (χ1n) is 24.9. The van der Waals surface area contributed by atoms with Gasteiger partial charge in [-0.25, -0.2) is 9.97 Å². The van der Waals surface area contributed by atoms with Crippen molar-refractivity contribution in [3.05, 3.63) is 241 Å². The highest BCUT2D eigenvalue weighted by Crippen LogP contribution is 2.52. The molecule has 4 nitrogen and oxygen atoms in total. The minimum atomic E-state index is -0.177. The molecule has 0 saturated heterocycles. The monoisotopic (exact) mass is 920 g/mol. The van der Waals surface area contributed by atoms with E-state index >= 15 is 0 Å². The first kappa shape index (κ1) is 42.1. The standard InChI is InChI=1S/C68H48N4/c1-67(2)58-21-7-5-17-52(58)54-33-31-47(39-60(54)67)49-37-56(48-32-34-55-53-18-6-8-22-59(53)68(3,4)61(55)40-48)65-57(38-49)64(45-27-23-41(24-28-45)50-19-9-13-43-15-11-35-69-62(43)50)71-66(72-65)46-29-25-42(26-30-46)51-20-10-14-44-16-12-36-70-63(44)51/h5-40H,1-4H3. The zero-order chi connectivity index (χ0) is 48.3. The highest BCUT2D eigenvalue weighted by atomic mass is 14.9. The molecule has 340 valence electrons. The molecule has 72 heavy (non-hydrogen) atoms. The van der Waals surface area contributed by atoms with Gasteiger partial charge in [0, 0.05) is 67.2 Å². The minimum Gasteiger partial charge on any atom is -0.256 e. The van der Waals surface area contributed by atoms with Crippen LogP contribution in [0.25, 0.3) is 122 Å². The highest BCUT2D eigenvalue weighted by molar-refractivity contribution is 6.06. The van der Waals surface area contributed by atoms with Crippen LogP contribution in [0.2, 0.25) is 0 Å². The Balaban J connectivity index is 1.00. The van der Waals surface area contributed by atoms with Gasteiger partial charge in [0.1, 0.15) is 0 Å². The molecule has 0 N–H and O–H groups in total. The van der Waals surface area contributed by atoms with Crippen molar-refractivity contribution in [1.82, 2.24) is 19.9 Å². The molecule has 0 aliphatic heterocycles. The van der Waals surface area contributed by atoms with Crippen LogP contribution in [0.1, 0.15) is 49.9 Å². The Morgan fingerprint density at radius 2 is 0.750 bits per heavy atom. The van der Waals surface area contributed by atoms with Gasteiger partial charge < -0.3 is 0 Å². The van der Waals surface area contributed by atoms with Gasteiger partial charge in [-0.15, -0.1) is 0 Å². The zero-order valence-electron chi connectivity index (χ0n) is 40.6.